The number of alkyl halides is 3. The lowest BCUT2D eigenvalue weighted by Gasteiger charge is -2.17. The lowest BCUT2D eigenvalue weighted by molar-refractivity contribution is -0.137. The van der Waals surface area contributed by atoms with Crippen LogP contribution >= 0.6 is 11.6 Å². The molecule has 0 saturated heterocycles. The first-order valence-electron chi connectivity index (χ1n) is 5.37. The molecule has 1 N–H and O–H groups in total. The standard InChI is InChI=1S/C11H14ClF3N2/c1-3-8(4-2)17-10-9(12)5-7(6-16-10)11(13,14)15/h5-6,8H,3-4H2,1-2H3,(H,16,17). The SMILES string of the molecule is CCC(CC)Nc1ncc(C(F)(F)F)cc1Cl. The van der Waals surface area contributed by atoms with Crippen molar-refractivity contribution in [1.29, 1.82) is 0 Å². The van der Waals surface area contributed by atoms with E-state index in [2.05, 4.69) is 10.3 Å². The van der Waals surface area contributed by atoms with Gasteiger partial charge >= 0.3 is 6.18 Å². The first-order chi connectivity index (χ1) is 7.88. The molecule has 0 radical (unpaired) electrons. The lowest BCUT2D eigenvalue weighted by atomic mass is 10.2. The van der Waals surface area contributed by atoms with Crippen LogP contribution in [0.25, 0.3) is 0 Å². The molecule has 0 aromatic carbocycles. The summed E-state index contributed by atoms with van der Waals surface area (Å²) >= 11 is 5.77. The minimum Gasteiger partial charge on any atom is -0.366 e. The topological polar surface area (TPSA) is 24.9 Å². The quantitative estimate of drug-likeness (QED) is 0.876. The van der Waals surface area contributed by atoms with Gasteiger partial charge in [0.1, 0.15) is 5.82 Å². The molecule has 0 aliphatic carbocycles. The van der Waals surface area contributed by atoms with E-state index in [-0.39, 0.29) is 11.1 Å². The Morgan fingerprint density at radius 2 is 1.94 bits per heavy atom. The number of rotatable bonds is 4. The summed E-state index contributed by atoms with van der Waals surface area (Å²) < 4.78 is 37.1. The van der Waals surface area contributed by atoms with E-state index in [1.54, 1.807) is 0 Å². The molecule has 1 rings (SSSR count). The van der Waals surface area contributed by atoms with Crippen LogP contribution in [0.2, 0.25) is 5.02 Å². The van der Waals surface area contributed by atoms with Crippen molar-refractivity contribution in [1.82, 2.24) is 4.98 Å². The van der Waals surface area contributed by atoms with E-state index in [4.69, 9.17) is 11.6 Å². The van der Waals surface area contributed by atoms with Gasteiger partial charge in [-0.2, -0.15) is 13.2 Å². The van der Waals surface area contributed by atoms with Crippen LogP contribution in [-0.4, -0.2) is 11.0 Å². The third-order valence-electron chi connectivity index (χ3n) is 2.49. The fourth-order valence-corrected chi connectivity index (χ4v) is 1.61. The summed E-state index contributed by atoms with van der Waals surface area (Å²) in [5, 5.41) is 3.01. The van der Waals surface area contributed by atoms with Gasteiger partial charge in [0.25, 0.3) is 0 Å². The molecule has 0 aliphatic heterocycles. The van der Waals surface area contributed by atoms with Crippen molar-refractivity contribution in [2.45, 2.75) is 38.9 Å². The molecule has 0 fully saturated rings. The predicted molar refractivity (Wildman–Crippen MR) is 62.2 cm³/mol. The molecule has 96 valence electrons. The molecule has 0 bridgehead atoms. The average molecular weight is 267 g/mol. The van der Waals surface area contributed by atoms with E-state index in [9.17, 15) is 13.2 Å². The monoisotopic (exact) mass is 266 g/mol. The number of hydrogen-bond donors (Lipinski definition) is 1. The number of nitrogens with one attached hydrogen (secondary N) is 1. The summed E-state index contributed by atoms with van der Waals surface area (Å²) in [7, 11) is 0. The maximum absolute atomic E-state index is 12.4. The maximum Gasteiger partial charge on any atom is 0.417 e. The molecule has 6 heteroatoms. The average Bonchev–Trinajstić information content (AvgIpc) is 2.26. The first kappa shape index (κ1) is 14.1. The number of aromatic nitrogens is 1. The molecule has 0 amide bonds. The molecule has 1 aromatic heterocycles. The summed E-state index contributed by atoms with van der Waals surface area (Å²) in [6, 6.07) is 1.05. The van der Waals surface area contributed by atoms with Gasteiger partial charge < -0.3 is 5.32 Å². The van der Waals surface area contributed by atoms with E-state index in [1.165, 1.54) is 0 Å². The zero-order chi connectivity index (χ0) is 13.1. The zero-order valence-electron chi connectivity index (χ0n) is 9.61. The Balaban J connectivity index is 2.90. The fraction of sp³-hybridized carbons (Fsp3) is 0.545. The highest BCUT2D eigenvalue weighted by molar-refractivity contribution is 6.32. The number of pyridine rings is 1. The normalized spacial score (nSPS) is 11.9. The molecular formula is C11H14ClF3N2. The Hall–Kier alpha value is -0.970. The van der Waals surface area contributed by atoms with Crippen molar-refractivity contribution in [3.05, 3.63) is 22.8 Å². The Morgan fingerprint density at radius 1 is 1.35 bits per heavy atom. The second kappa shape index (κ2) is 5.58. The van der Waals surface area contributed by atoms with Gasteiger partial charge in [-0.1, -0.05) is 25.4 Å². The number of anilines is 1. The van der Waals surface area contributed by atoms with Gasteiger partial charge in [-0.25, -0.2) is 4.98 Å². The number of nitrogens with zero attached hydrogens (tertiary/aromatic N) is 1. The molecule has 17 heavy (non-hydrogen) atoms. The second-order valence-corrected chi connectivity index (χ2v) is 4.12. The van der Waals surface area contributed by atoms with Crippen molar-refractivity contribution in [2.75, 3.05) is 5.32 Å². The highest BCUT2D eigenvalue weighted by Crippen LogP contribution is 2.32. The second-order valence-electron chi connectivity index (χ2n) is 3.71. The van der Waals surface area contributed by atoms with Crippen LogP contribution in [-0.2, 0) is 6.18 Å². The van der Waals surface area contributed by atoms with Gasteiger partial charge in [-0.3, -0.25) is 0 Å². The Labute approximate surface area is 103 Å². The van der Waals surface area contributed by atoms with Crippen LogP contribution in [0.1, 0.15) is 32.3 Å². The van der Waals surface area contributed by atoms with Gasteiger partial charge in [-0.15, -0.1) is 0 Å². The van der Waals surface area contributed by atoms with Gasteiger partial charge in [0.2, 0.25) is 0 Å². The summed E-state index contributed by atoms with van der Waals surface area (Å²) in [5.74, 6) is 0.299. The van der Waals surface area contributed by atoms with Crippen LogP contribution < -0.4 is 5.32 Å². The first-order valence-corrected chi connectivity index (χ1v) is 5.75. The summed E-state index contributed by atoms with van der Waals surface area (Å²) in [4.78, 5) is 3.72. The molecule has 0 saturated carbocycles. The van der Waals surface area contributed by atoms with Gasteiger partial charge in [0.05, 0.1) is 10.6 Å². The maximum atomic E-state index is 12.4. The van der Waals surface area contributed by atoms with Crippen LogP contribution in [0.3, 0.4) is 0 Å². The highest BCUT2D eigenvalue weighted by atomic mass is 35.5. The van der Waals surface area contributed by atoms with Crippen molar-refractivity contribution in [2.24, 2.45) is 0 Å². The van der Waals surface area contributed by atoms with Crippen LogP contribution in [0.5, 0.6) is 0 Å². The molecular weight excluding hydrogens is 253 g/mol. The molecule has 0 atom stereocenters. The Kier molecular flexibility index (Phi) is 4.62. The van der Waals surface area contributed by atoms with E-state index in [0.29, 0.717) is 5.82 Å². The third kappa shape index (κ3) is 3.77. The van der Waals surface area contributed by atoms with Crippen molar-refractivity contribution < 1.29 is 13.2 Å². The number of halogens is 4. The van der Waals surface area contributed by atoms with E-state index < -0.39 is 11.7 Å². The Bertz CT molecular complexity index is 375. The van der Waals surface area contributed by atoms with Gasteiger partial charge in [0, 0.05) is 12.2 Å². The van der Waals surface area contributed by atoms with Crippen molar-refractivity contribution in [3.63, 3.8) is 0 Å². The van der Waals surface area contributed by atoms with Crippen LogP contribution in [0.4, 0.5) is 19.0 Å². The molecule has 1 aromatic rings. The van der Waals surface area contributed by atoms with Crippen LogP contribution in [0.15, 0.2) is 12.3 Å². The molecule has 0 spiro atoms. The molecule has 0 aliphatic rings. The van der Waals surface area contributed by atoms with Crippen LogP contribution in [0, 0.1) is 0 Å². The van der Waals surface area contributed by atoms with E-state index in [1.807, 2.05) is 13.8 Å². The van der Waals surface area contributed by atoms with Crippen molar-refractivity contribution in [3.8, 4) is 0 Å². The Morgan fingerprint density at radius 3 is 2.35 bits per heavy atom. The smallest absolute Gasteiger partial charge is 0.366 e. The zero-order valence-corrected chi connectivity index (χ0v) is 10.4. The minimum absolute atomic E-state index is 0.00766. The molecule has 2 nitrogen and oxygen atoms in total. The number of hydrogen-bond acceptors (Lipinski definition) is 2. The molecule has 0 unspecified atom stereocenters. The predicted octanol–water partition coefficient (Wildman–Crippen LogP) is 4.35. The van der Waals surface area contributed by atoms with E-state index in [0.717, 1.165) is 25.1 Å². The highest BCUT2D eigenvalue weighted by Gasteiger charge is 2.31. The van der Waals surface area contributed by atoms with Gasteiger partial charge in [-0.05, 0) is 18.9 Å². The largest absolute Gasteiger partial charge is 0.417 e. The fourth-order valence-electron chi connectivity index (χ4n) is 1.39. The molecule has 1 heterocycles. The summed E-state index contributed by atoms with van der Waals surface area (Å²) in [6.07, 6.45) is -1.91. The minimum atomic E-state index is -4.41. The summed E-state index contributed by atoms with van der Waals surface area (Å²) in [5.41, 5.74) is -0.836. The third-order valence-corrected chi connectivity index (χ3v) is 2.78. The summed E-state index contributed by atoms with van der Waals surface area (Å²) in [6.45, 7) is 3.97. The van der Waals surface area contributed by atoms with Crippen molar-refractivity contribution >= 4 is 17.4 Å². The van der Waals surface area contributed by atoms with Gasteiger partial charge in [0.15, 0.2) is 0 Å². The van der Waals surface area contributed by atoms with E-state index >= 15 is 0 Å². The lowest BCUT2D eigenvalue weighted by Crippen LogP contribution is -2.18.